The van der Waals surface area contributed by atoms with Gasteiger partial charge in [-0.25, -0.2) is 0 Å². The number of carbonyl (C=O) groups is 2. The molecule has 0 unspecified atom stereocenters. The Morgan fingerprint density at radius 2 is 1.86 bits per heavy atom. The van der Waals surface area contributed by atoms with Crippen LogP contribution >= 0.6 is 0 Å². The maximum atomic E-state index is 13.4. The standard InChI is InChI=1S/C31H35F3N4O4/c1-20-16-38(21(2)19-39)29(40)15-24-14-26(36-30(41)23-10-12-35-13-11-23)8-9-27(24)42-28(20)18-37(3)17-22-4-6-25(7-5-22)31(32,33)34/h4-14,20-21,28,39H,15-19H2,1-3H3,(H,36,41)/t20-,21+,28-/m0/s1. The predicted octanol–water partition coefficient (Wildman–Crippen LogP) is 4.63. The Morgan fingerprint density at radius 3 is 2.50 bits per heavy atom. The van der Waals surface area contributed by atoms with E-state index in [1.807, 2.05) is 18.9 Å². The molecular formula is C31H35F3N4O4. The van der Waals surface area contributed by atoms with Crippen molar-refractivity contribution in [3.63, 3.8) is 0 Å². The molecule has 42 heavy (non-hydrogen) atoms. The fourth-order valence-electron chi connectivity index (χ4n) is 4.91. The minimum atomic E-state index is -4.39. The van der Waals surface area contributed by atoms with Gasteiger partial charge in [-0.2, -0.15) is 13.2 Å². The summed E-state index contributed by atoms with van der Waals surface area (Å²) in [5.41, 5.74) is 1.55. The summed E-state index contributed by atoms with van der Waals surface area (Å²) in [5.74, 6) is -0.136. The van der Waals surface area contributed by atoms with Gasteiger partial charge >= 0.3 is 6.18 Å². The molecule has 2 aromatic carbocycles. The number of aliphatic hydroxyl groups excluding tert-OH is 1. The average Bonchev–Trinajstić information content (AvgIpc) is 3.00. The van der Waals surface area contributed by atoms with Gasteiger partial charge in [0, 0.05) is 54.8 Å². The molecule has 3 aromatic rings. The van der Waals surface area contributed by atoms with Crippen molar-refractivity contribution in [3.05, 3.63) is 89.2 Å². The van der Waals surface area contributed by atoms with E-state index in [0.717, 1.165) is 17.7 Å². The van der Waals surface area contributed by atoms with Gasteiger partial charge in [-0.3, -0.25) is 19.5 Å². The second-order valence-corrected chi connectivity index (χ2v) is 10.8. The van der Waals surface area contributed by atoms with Gasteiger partial charge in [0.25, 0.3) is 5.91 Å². The highest BCUT2D eigenvalue weighted by Crippen LogP contribution is 2.31. The smallest absolute Gasteiger partial charge is 0.416 e. The number of aliphatic hydroxyl groups is 1. The fraction of sp³-hybridized carbons (Fsp3) is 0.387. The van der Waals surface area contributed by atoms with Gasteiger partial charge in [-0.05, 0) is 62.0 Å². The van der Waals surface area contributed by atoms with Crippen LogP contribution in [0.2, 0.25) is 0 Å². The van der Waals surface area contributed by atoms with Gasteiger partial charge in [-0.15, -0.1) is 0 Å². The number of nitrogens with zero attached hydrogens (tertiary/aromatic N) is 3. The summed E-state index contributed by atoms with van der Waals surface area (Å²) in [6, 6.07) is 13.0. The van der Waals surface area contributed by atoms with E-state index in [0.29, 0.717) is 42.2 Å². The molecule has 0 fully saturated rings. The lowest BCUT2D eigenvalue weighted by Crippen LogP contribution is -2.47. The van der Waals surface area contributed by atoms with Crippen molar-refractivity contribution in [3.8, 4) is 5.75 Å². The van der Waals surface area contributed by atoms with Crippen LogP contribution < -0.4 is 10.1 Å². The summed E-state index contributed by atoms with van der Waals surface area (Å²) in [7, 11) is 1.86. The molecule has 0 saturated carbocycles. The largest absolute Gasteiger partial charge is 0.488 e. The molecule has 4 rings (SSSR count). The molecule has 8 nitrogen and oxygen atoms in total. The van der Waals surface area contributed by atoms with Crippen LogP contribution in [-0.2, 0) is 23.9 Å². The maximum absolute atomic E-state index is 13.4. The molecule has 2 N–H and O–H groups in total. The second kappa shape index (κ2) is 13.3. The van der Waals surface area contributed by atoms with Gasteiger partial charge < -0.3 is 20.1 Å². The van der Waals surface area contributed by atoms with E-state index in [1.54, 1.807) is 42.2 Å². The van der Waals surface area contributed by atoms with E-state index in [9.17, 15) is 27.9 Å². The van der Waals surface area contributed by atoms with Crippen molar-refractivity contribution >= 4 is 17.5 Å². The average molecular weight is 585 g/mol. The molecule has 0 aliphatic carbocycles. The van der Waals surface area contributed by atoms with Crippen molar-refractivity contribution in [2.45, 2.75) is 45.1 Å². The minimum absolute atomic E-state index is 0.0134. The van der Waals surface area contributed by atoms with Crippen molar-refractivity contribution in [1.82, 2.24) is 14.8 Å². The summed E-state index contributed by atoms with van der Waals surface area (Å²) in [4.78, 5) is 33.7. The first-order valence-electron chi connectivity index (χ1n) is 13.7. The Balaban J connectivity index is 1.57. The first kappa shape index (κ1) is 31.0. The van der Waals surface area contributed by atoms with Crippen molar-refractivity contribution in [1.29, 1.82) is 0 Å². The number of pyridine rings is 1. The van der Waals surface area contributed by atoms with Crippen LogP contribution in [0.5, 0.6) is 5.75 Å². The third kappa shape index (κ3) is 7.86. The summed E-state index contributed by atoms with van der Waals surface area (Å²) in [6.07, 6.45) is -1.72. The predicted molar refractivity (Wildman–Crippen MR) is 152 cm³/mol. The van der Waals surface area contributed by atoms with Crippen molar-refractivity contribution in [2.24, 2.45) is 5.92 Å². The minimum Gasteiger partial charge on any atom is -0.488 e. The number of anilines is 1. The van der Waals surface area contributed by atoms with E-state index in [-0.39, 0.29) is 36.9 Å². The third-order valence-corrected chi connectivity index (χ3v) is 7.34. The number of likely N-dealkylation sites (N-methyl/N-ethyl adjacent to an activating group) is 1. The number of ether oxygens (including phenoxy) is 1. The van der Waals surface area contributed by atoms with Gasteiger partial charge in [0.15, 0.2) is 0 Å². The summed E-state index contributed by atoms with van der Waals surface area (Å²) in [6.45, 7) is 4.72. The normalized spacial score (nSPS) is 18.4. The van der Waals surface area contributed by atoms with Crippen molar-refractivity contribution < 1.29 is 32.6 Å². The molecule has 1 aliphatic rings. The number of hydrogen-bond donors (Lipinski definition) is 2. The highest BCUT2D eigenvalue weighted by molar-refractivity contribution is 6.04. The molecule has 1 aliphatic heterocycles. The SMILES string of the molecule is C[C@H](CO)N1C[C@H](C)[C@H](CN(C)Cc2ccc(C(F)(F)F)cc2)Oc2ccc(NC(=O)c3ccncc3)cc2CC1=O. The Morgan fingerprint density at radius 1 is 1.17 bits per heavy atom. The van der Waals surface area contributed by atoms with E-state index in [1.165, 1.54) is 24.5 Å². The number of halogens is 3. The lowest BCUT2D eigenvalue weighted by molar-refractivity contribution is -0.137. The van der Waals surface area contributed by atoms with E-state index in [2.05, 4.69) is 10.3 Å². The van der Waals surface area contributed by atoms with Crippen LogP contribution in [0, 0.1) is 5.92 Å². The fourth-order valence-corrected chi connectivity index (χ4v) is 4.91. The molecular weight excluding hydrogens is 549 g/mol. The lowest BCUT2D eigenvalue weighted by Gasteiger charge is -2.34. The molecule has 3 atom stereocenters. The van der Waals surface area contributed by atoms with Crippen LogP contribution in [0.3, 0.4) is 0 Å². The first-order valence-corrected chi connectivity index (χ1v) is 13.7. The van der Waals surface area contributed by atoms with Gasteiger partial charge in [0.2, 0.25) is 5.91 Å². The highest BCUT2D eigenvalue weighted by atomic mass is 19.4. The van der Waals surface area contributed by atoms with Gasteiger partial charge in [0.05, 0.1) is 24.6 Å². The number of aromatic nitrogens is 1. The molecule has 224 valence electrons. The maximum Gasteiger partial charge on any atom is 0.416 e. The molecule has 0 bridgehead atoms. The van der Waals surface area contributed by atoms with Gasteiger partial charge in [0.1, 0.15) is 11.9 Å². The molecule has 0 radical (unpaired) electrons. The van der Waals surface area contributed by atoms with Crippen LogP contribution in [0.25, 0.3) is 0 Å². The quantitative estimate of drug-likeness (QED) is 0.401. The molecule has 0 saturated heterocycles. The van der Waals surface area contributed by atoms with Crippen LogP contribution in [0.1, 0.15) is 40.9 Å². The van der Waals surface area contributed by atoms with E-state index < -0.39 is 17.8 Å². The molecule has 2 heterocycles. The number of rotatable bonds is 8. The topological polar surface area (TPSA) is 95.0 Å². The zero-order chi connectivity index (χ0) is 30.4. The lowest BCUT2D eigenvalue weighted by atomic mass is 10.0. The number of carbonyl (C=O) groups excluding carboxylic acids is 2. The Hall–Kier alpha value is -3.96. The molecule has 2 amide bonds. The highest BCUT2D eigenvalue weighted by Gasteiger charge is 2.32. The van der Waals surface area contributed by atoms with Crippen LogP contribution in [0.4, 0.5) is 18.9 Å². The Bertz CT molecular complexity index is 1370. The number of alkyl halides is 3. The molecule has 11 heteroatoms. The van der Waals surface area contributed by atoms with E-state index in [4.69, 9.17) is 4.74 Å². The third-order valence-electron chi connectivity index (χ3n) is 7.34. The summed E-state index contributed by atoms with van der Waals surface area (Å²) < 4.78 is 45.4. The number of hydrogen-bond acceptors (Lipinski definition) is 6. The number of benzene rings is 2. The molecule has 1 aromatic heterocycles. The Kier molecular flexibility index (Phi) is 9.85. The number of amides is 2. The zero-order valence-electron chi connectivity index (χ0n) is 23.8. The van der Waals surface area contributed by atoms with Crippen LogP contribution in [0.15, 0.2) is 67.0 Å². The molecule has 0 spiro atoms. The second-order valence-electron chi connectivity index (χ2n) is 10.8. The van der Waals surface area contributed by atoms with Gasteiger partial charge in [-0.1, -0.05) is 19.1 Å². The first-order chi connectivity index (χ1) is 19.9. The number of fused-ring (bicyclic) bond motifs is 1. The monoisotopic (exact) mass is 584 g/mol. The van der Waals surface area contributed by atoms with E-state index >= 15 is 0 Å². The van der Waals surface area contributed by atoms with Crippen molar-refractivity contribution in [2.75, 3.05) is 32.1 Å². The Labute approximate surface area is 243 Å². The summed E-state index contributed by atoms with van der Waals surface area (Å²) >= 11 is 0. The number of nitrogens with one attached hydrogen (secondary N) is 1. The summed E-state index contributed by atoms with van der Waals surface area (Å²) in [5, 5.41) is 12.7. The zero-order valence-corrected chi connectivity index (χ0v) is 23.8. The van der Waals surface area contributed by atoms with Crippen LogP contribution in [-0.4, -0.2) is 70.6 Å².